The molecule has 7 heteroatoms. The SMILES string of the molecule is CP(Cl)CCCOc1c2occc2c(Br)c2ccc(=O)oc12. The summed E-state index contributed by atoms with van der Waals surface area (Å²) in [6.07, 6.45) is 3.34. The molecule has 1 aromatic carbocycles. The van der Waals surface area contributed by atoms with Gasteiger partial charge in [-0.05, 0) is 54.6 Å². The van der Waals surface area contributed by atoms with Crippen LogP contribution in [0.25, 0.3) is 21.9 Å². The Labute approximate surface area is 141 Å². The van der Waals surface area contributed by atoms with Crippen LogP contribution in [-0.4, -0.2) is 19.4 Å². The summed E-state index contributed by atoms with van der Waals surface area (Å²) in [4.78, 5) is 11.6. The molecule has 0 aliphatic heterocycles. The quantitative estimate of drug-likeness (QED) is 0.328. The number of furan rings is 1. The summed E-state index contributed by atoms with van der Waals surface area (Å²) in [5, 5.41) is 1.66. The molecule has 0 amide bonds. The van der Waals surface area contributed by atoms with Crippen LogP contribution < -0.4 is 10.4 Å². The summed E-state index contributed by atoms with van der Waals surface area (Å²) in [5.74, 6) is 0.464. The Balaban J connectivity index is 2.08. The maximum Gasteiger partial charge on any atom is 0.336 e. The molecule has 3 rings (SSSR count). The molecule has 0 saturated carbocycles. The summed E-state index contributed by atoms with van der Waals surface area (Å²) >= 11 is 9.53. The van der Waals surface area contributed by atoms with Crippen molar-refractivity contribution in [3.8, 4) is 5.75 Å². The molecule has 2 aromatic heterocycles. The van der Waals surface area contributed by atoms with Crippen LogP contribution in [0, 0.1) is 0 Å². The lowest BCUT2D eigenvalue weighted by Crippen LogP contribution is -2.02. The van der Waals surface area contributed by atoms with Gasteiger partial charge >= 0.3 is 5.63 Å². The highest BCUT2D eigenvalue weighted by atomic mass is 79.9. The zero-order valence-corrected chi connectivity index (χ0v) is 15.0. The molecule has 2 heterocycles. The van der Waals surface area contributed by atoms with Crippen molar-refractivity contribution in [3.63, 3.8) is 0 Å². The van der Waals surface area contributed by atoms with Crippen molar-refractivity contribution in [1.82, 2.24) is 0 Å². The van der Waals surface area contributed by atoms with Crippen LogP contribution in [-0.2, 0) is 0 Å². The molecule has 0 fully saturated rings. The van der Waals surface area contributed by atoms with Gasteiger partial charge in [0.05, 0.1) is 12.9 Å². The summed E-state index contributed by atoms with van der Waals surface area (Å²) in [6, 6.07) is 4.95. The average Bonchev–Trinajstić information content (AvgIpc) is 2.95. The predicted octanol–water partition coefficient (Wildman–Crippen LogP) is 5.34. The van der Waals surface area contributed by atoms with Gasteiger partial charge in [0.2, 0.25) is 5.75 Å². The van der Waals surface area contributed by atoms with Gasteiger partial charge in [0.25, 0.3) is 0 Å². The highest BCUT2D eigenvalue weighted by Crippen LogP contribution is 2.41. The minimum Gasteiger partial charge on any atom is -0.486 e. The molecule has 0 aliphatic carbocycles. The van der Waals surface area contributed by atoms with Crippen LogP contribution in [0.1, 0.15) is 6.42 Å². The van der Waals surface area contributed by atoms with Crippen LogP contribution in [0.4, 0.5) is 0 Å². The molecule has 1 atom stereocenters. The first-order valence-corrected chi connectivity index (χ1v) is 10.4. The molecule has 0 saturated heterocycles. The van der Waals surface area contributed by atoms with E-state index in [-0.39, 0.29) is 0 Å². The summed E-state index contributed by atoms with van der Waals surface area (Å²) < 4.78 is 17.5. The van der Waals surface area contributed by atoms with E-state index >= 15 is 0 Å². The highest BCUT2D eigenvalue weighted by Gasteiger charge is 2.18. The van der Waals surface area contributed by atoms with E-state index in [0.717, 1.165) is 27.8 Å². The largest absolute Gasteiger partial charge is 0.486 e. The fourth-order valence-corrected chi connectivity index (χ4v) is 3.80. The molecule has 22 heavy (non-hydrogen) atoms. The Morgan fingerprint density at radius 1 is 1.27 bits per heavy atom. The lowest BCUT2D eigenvalue weighted by atomic mass is 10.1. The van der Waals surface area contributed by atoms with E-state index in [1.165, 1.54) is 6.07 Å². The van der Waals surface area contributed by atoms with Gasteiger partial charge < -0.3 is 13.6 Å². The first-order valence-electron chi connectivity index (χ1n) is 6.70. The van der Waals surface area contributed by atoms with Crippen LogP contribution >= 0.6 is 34.4 Å². The minimum absolute atomic E-state index is 0.395. The van der Waals surface area contributed by atoms with Crippen molar-refractivity contribution in [3.05, 3.63) is 39.4 Å². The third-order valence-corrected chi connectivity index (χ3v) is 5.53. The predicted molar refractivity (Wildman–Crippen MR) is 93.6 cm³/mol. The van der Waals surface area contributed by atoms with Gasteiger partial charge in [-0.3, -0.25) is 0 Å². The molecule has 0 bridgehead atoms. The van der Waals surface area contributed by atoms with E-state index in [2.05, 4.69) is 15.9 Å². The van der Waals surface area contributed by atoms with E-state index in [9.17, 15) is 4.79 Å². The third-order valence-electron chi connectivity index (χ3n) is 3.24. The van der Waals surface area contributed by atoms with E-state index in [0.29, 0.717) is 23.5 Å². The molecule has 0 aliphatic rings. The normalized spacial score (nSPS) is 12.9. The molecular formula is C15H13BrClO4P. The van der Waals surface area contributed by atoms with Crippen molar-refractivity contribution in [2.75, 3.05) is 19.4 Å². The van der Waals surface area contributed by atoms with Crippen molar-refractivity contribution >= 4 is 56.4 Å². The summed E-state index contributed by atoms with van der Waals surface area (Å²) in [7, 11) is -0.463. The number of fused-ring (bicyclic) bond motifs is 2. The number of halogens is 2. The van der Waals surface area contributed by atoms with Crippen LogP contribution in [0.2, 0.25) is 0 Å². The Morgan fingerprint density at radius 2 is 2.05 bits per heavy atom. The average molecular weight is 404 g/mol. The molecule has 0 spiro atoms. The van der Waals surface area contributed by atoms with Gasteiger partial charge in [0.1, 0.15) is 0 Å². The molecular weight excluding hydrogens is 390 g/mol. The molecule has 0 radical (unpaired) electrons. The van der Waals surface area contributed by atoms with E-state index in [4.69, 9.17) is 24.8 Å². The molecule has 1 unspecified atom stereocenters. The van der Waals surface area contributed by atoms with Crippen LogP contribution in [0.15, 0.2) is 42.6 Å². The monoisotopic (exact) mass is 402 g/mol. The summed E-state index contributed by atoms with van der Waals surface area (Å²) in [5.41, 5.74) is 0.540. The van der Waals surface area contributed by atoms with Gasteiger partial charge in [0, 0.05) is 21.3 Å². The van der Waals surface area contributed by atoms with Gasteiger partial charge in [-0.25, -0.2) is 4.79 Å². The molecule has 0 N–H and O–H groups in total. The second kappa shape index (κ2) is 6.61. The Hall–Kier alpha value is -1.03. The number of rotatable bonds is 5. The lowest BCUT2D eigenvalue weighted by molar-refractivity contribution is 0.315. The third kappa shape index (κ3) is 3.03. The second-order valence-corrected chi connectivity index (χ2v) is 9.02. The number of benzene rings is 1. The Bertz CT molecular complexity index is 871. The zero-order valence-electron chi connectivity index (χ0n) is 11.8. The molecule has 116 valence electrons. The summed E-state index contributed by atoms with van der Waals surface area (Å²) in [6.45, 7) is 2.50. The van der Waals surface area contributed by atoms with Gasteiger partial charge in [-0.1, -0.05) is 11.2 Å². The van der Waals surface area contributed by atoms with Crippen molar-refractivity contribution in [2.45, 2.75) is 6.42 Å². The van der Waals surface area contributed by atoms with E-state index in [1.54, 1.807) is 12.3 Å². The van der Waals surface area contributed by atoms with Crippen LogP contribution in [0.5, 0.6) is 5.75 Å². The highest BCUT2D eigenvalue weighted by molar-refractivity contribution is 9.10. The maximum atomic E-state index is 11.6. The Morgan fingerprint density at radius 3 is 2.82 bits per heavy atom. The minimum atomic E-state index is -0.463. The fourth-order valence-electron chi connectivity index (χ4n) is 2.25. The van der Waals surface area contributed by atoms with Gasteiger partial charge in [-0.2, -0.15) is 0 Å². The number of ether oxygens (including phenoxy) is 1. The number of hydrogen-bond acceptors (Lipinski definition) is 4. The molecule has 4 nitrogen and oxygen atoms in total. The fraction of sp³-hybridized carbons (Fsp3) is 0.267. The van der Waals surface area contributed by atoms with Crippen molar-refractivity contribution in [1.29, 1.82) is 0 Å². The lowest BCUT2D eigenvalue weighted by Gasteiger charge is -2.10. The first kappa shape index (κ1) is 15.9. The first-order chi connectivity index (χ1) is 10.6. The Kier molecular flexibility index (Phi) is 4.76. The zero-order chi connectivity index (χ0) is 15.7. The van der Waals surface area contributed by atoms with Crippen LogP contribution in [0.3, 0.4) is 0 Å². The van der Waals surface area contributed by atoms with Crippen molar-refractivity contribution in [2.24, 2.45) is 0 Å². The van der Waals surface area contributed by atoms with Gasteiger partial charge in [-0.15, -0.1) is 0 Å². The smallest absolute Gasteiger partial charge is 0.336 e. The maximum absolute atomic E-state index is 11.6. The molecule has 3 aromatic rings. The van der Waals surface area contributed by atoms with E-state index in [1.807, 2.05) is 12.7 Å². The van der Waals surface area contributed by atoms with E-state index < -0.39 is 12.9 Å². The van der Waals surface area contributed by atoms with Crippen molar-refractivity contribution < 1.29 is 13.6 Å². The second-order valence-electron chi connectivity index (χ2n) is 4.83. The topological polar surface area (TPSA) is 52.6 Å². The standard InChI is InChI=1S/C15H13BrClO4P/c1-22(17)8-2-6-19-15-13-10(5-7-20-13)12(16)9-3-4-11(18)21-14(9)15/h3-5,7H,2,6,8H2,1H3. The number of hydrogen-bond donors (Lipinski definition) is 0. The van der Waals surface area contributed by atoms with Gasteiger partial charge in [0.15, 0.2) is 11.2 Å².